The van der Waals surface area contributed by atoms with Crippen molar-refractivity contribution >= 4 is 27.2 Å². The summed E-state index contributed by atoms with van der Waals surface area (Å²) in [6.07, 6.45) is 1.21. The monoisotopic (exact) mass is 289 g/mol. The second-order valence-corrected chi connectivity index (χ2v) is 5.84. The first kappa shape index (κ1) is 15.0. The number of nitrogens with two attached hydrogens (primary N) is 1. The summed E-state index contributed by atoms with van der Waals surface area (Å²) < 4.78 is 25.5. The molecule has 0 atom stereocenters. The lowest BCUT2D eigenvalue weighted by atomic mass is 10.3. The van der Waals surface area contributed by atoms with Crippen molar-refractivity contribution in [2.45, 2.75) is 11.8 Å². The summed E-state index contributed by atoms with van der Waals surface area (Å²) in [7, 11) is -3.63. The summed E-state index contributed by atoms with van der Waals surface area (Å²) in [5, 5.41) is 8.84. The van der Waals surface area contributed by atoms with Crippen molar-refractivity contribution < 1.29 is 13.5 Å². The maximum Gasteiger partial charge on any atom is 0.244 e. The number of sulfonamides is 1. The lowest BCUT2D eigenvalue weighted by Crippen LogP contribution is -2.33. The molecule has 0 amide bonds. The Morgan fingerprint density at radius 3 is 2.61 bits per heavy atom. The Morgan fingerprint density at radius 1 is 1.56 bits per heavy atom. The molecule has 1 rings (SSSR count). The van der Waals surface area contributed by atoms with Gasteiger partial charge in [0.15, 0.2) is 0 Å². The highest BCUT2D eigenvalue weighted by atomic mass is 32.2. The van der Waals surface area contributed by atoms with Crippen LogP contribution < -0.4 is 5.73 Å². The fraction of sp³-hybridized carbons (Fsp3) is 0.400. The zero-order chi connectivity index (χ0) is 13.8. The van der Waals surface area contributed by atoms with Gasteiger partial charge >= 0.3 is 0 Å². The van der Waals surface area contributed by atoms with Gasteiger partial charge in [-0.05, 0) is 12.1 Å². The lowest BCUT2D eigenvalue weighted by Gasteiger charge is -2.19. The fourth-order valence-corrected chi connectivity index (χ4v) is 2.89. The zero-order valence-corrected chi connectivity index (χ0v) is 11.5. The molecule has 0 aliphatic rings. The molecule has 1 aromatic rings. The normalized spacial score (nSPS) is 11.7. The van der Waals surface area contributed by atoms with Crippen LogP contribution in [0.25, 0.3) is 0 Å². The van der Waals surface area contributed by atoms with E-state index in [0.29, 0.717) is 5.69 Å². The summed E-state index contributed by atoms with van der Waals surface area (Å²) in [4.78, 5) is 4.05. The smallest absolute Gasteiger partial charge is 0.244 e. The van der Waals surface area contributed by atoms with Crippen molar-refractivity contribution in [2.24, 2.45) is 5.73 Å². The van der Waals surface area contributed by atoms with Crippen molar-refractivity contribution in [1.29, 1.82) is 0 Å². The Hall–Kier alpha value is -1.09. The quantitative estimate of drug-likeness (QED) is 0.699. The highest BCUT2D eigenvalue weighted by Gasteiger charge is 2.22. The highest BCUT2D eigenvalue weighted by Crippen LogP contribution is 2.14. The van der Waals surface area contributed by atoms with E-state index in [2.05, 4.69) is 4.98 Å². The molecular weight excluding hydrogens is 274 g/mol. The van der Waals surface area contributed by atoms with Crippen LogP contribution in [0, 0.1) is 0 Å². The van der Waals surface area contributed by atoms with Crippen LogP contribution in [-0.2, 0) is 10.0 Å². The SMILES string of the molecule is CCN(CCO)S(=O)(=O)c1ccc(C(N)=S)nc1. The van der Waals surface area contributed by atoms with Gasteiger partial charge in [0, 0.05) is 19.3 Å². The molecular formula is C10H15N3O3S2. The molecule has 3 N–H and O–H groups in total. The van der Waals surface area contributed by atoms with Crippen LogP contribution in [0.15, 0.2) is 23.2 Å². The number of hydrogen-bond acceptors (Lipinski definition) is 5. The molecule has 0 aliphatic carbocycles. The van der Waals surface area contributed by atoms with E-state index in [0.717, 1.165) is 0 Å². The fourth-order valence-electron chi connectivity index (χ4n) is 1.39. The van der Waals surface area contributed by atoms with E-state index < -0.39 is 10.0 Å². The van der Waals surface area contributed by atoms with Crippen LogP contribution in [0.5, 0.6) is 0 Å². The first-order valence-electron chi connectivity index (χ1n) is 5.30. The zero-order valence-electron chi connectivity index (χ0n) is 9.91. The Labute approximate surface area is 111 Å². The lowest BCUT2D eigenvalue weighted by molar-refractivity contribution is 0.257. The molecule has 0 fully saturated rings. The first-order valence-corrected chi connectivity index (χ1v) is 7.15. The molecule has 1 aromatic heterocycles. The maximum atomic E-state index is 12.1. The average molecular weight is 289 g/mol. The Bertz CT molecular complexity index is 514. The summed E-state index contributed by atoms with van der Waals surface area (Å²) in [5.74, 6) is 0. The van der Waals surface area contributed by atoms with Gasteiger partial charge in [-0.3, -0.25) is 4.98 Å². The largest absolute Gasteiger partial charge is 0.395 e. The number of likely N-dealkylation sites (N-methyl/N-ethyl adjacent to an activating group) is 1. The van der Waals surface area contributed by atoms with Crippen molar-refractivity contribution in [1.82, 2.24) is 9.29 Å². The number of nitrogens with zero attached hydrogens (tertiary/aromatic N) is 2. The van der Waals surface area contributed by atoms with Gasteiger partial charge in [0.25, 0.3) is 0 Å². The topological polar surface area (TPSA) is 96.5 Å². The van der Waals surface area contributed by atoms with Crippen molar-refractivity contribution in [3.63, 3.8) is 0 Å². The van der Waals surface area contributed by atoms with Crippen LogP contribution in [0.1, 0.15) is 12.6 Å². The van der Waals surface area contributed by atoms with E-state index >= 15 is 0 Å². The number of rotatable bonds is 6. The molecule has 0 aliphatic heterocycles. The third kappa shape index (κ3) is 3.22. The summed E-state index contributed by atoms with van der Waals surface area (Å²) in [6.45, 7) is 1.80. The van der Waals surface area contributed by atoms with Gasteiger partial charge in [0.05, 0.1) is 12.3 Å². The molecule has 0 unspecified atom stereocenters. The van der Waals surface area contributed by atoms with Gasteiger partial charge in [0.2, 0.25) is 10.0 Å². The number of aliphatic hydroxyl groups is 1. The van der Waals surface area contributed by atoms with Gasteiger partial charge in [-0.2, -0.15) is 4.31 Å². The average Bonchev–Trinajstić information content (AvgIpc) is 2.35. The minimum Gasteiger partial charge on any atom is -0.395 e. The molecule has 1 heterocycles. The molecule has 18 heavy (non-hydrogen) atoms. The Morgan fingerprint density at radius 2 is 2.22 bits per heavy atom. The van der Waals surface area contributed by atoms with Crippen LogP contribution in [0.2, 0.25) is 0 Å². The molecule has 0 spiro atoms. The minimum atomic E-state index is -3.63. The Balaban J connectivity index is 3.08. The standard InChI is InChI=1S/C10H15N3O3S2/c1-2-13(5-6-14)18(15,16)8-3-4-9(10(11)17)12-7-8/h3-4,7,14H,2,5-6H2,1H3,(H2,11,17). The van der Waals surface area contributed by atoms with Gasteiger partial charge in [0.1, 0.15) is 9.88 Å². The summed E-state index contributed by atoms with van der Waals surface area (Å²) in [5.41, 5.74) is 5.75. The molecule has 0 aromatic carbocycles. The van der Waals surface area contributed by atoms with Crippen molar-refractivity contribution in [2.75, 3.05) is 19.7 Å². The van der Waals surface area contributed by atoms with Crippen LogP contribution in [0.3, 0.4) is 0 Å². The Kier molecular flexibility index (Phi) is 5.15. The maximum absolute atomic E-state index is 12.1. The second-order valence-electron chi connectivity index (χ2n) is 3.46. The summed E-state index contributed by atoms with van der Waals surface area (Å²) >= 11 is 4.74. The van der Waals surface area contributed by atoms with E-state index in [1.54, 1.807) is 6.92 Å². The second kappa shape index (κ2) is 6.19. The van der Waals surface area contributed by atoms with Crippen molar-refractivity contribution in [3.8, 4) is 0 Å². The predicted octanol–water partition coefficient (Wildman–Crippen LogP) is -0.281. The van der Waals surface area contributed by atoms with Gasteiger partial charge in [-0.1, -0.05) is 19.1 Å². The van der Waals surface area contributed by atoms with Crippen LogP contribution >= 0.6 is 12.2 Å². The van der Waals surface area contributed by atoms with Crippen LogP contribution in [0.4, 0.5) is 0 Å². The third-order valence-corrected chi connectivity index (χ3v) is 4.50. The van der Waals surface area contributed by atoms with Crippen molar-refractivity contribution in [3.05, 3.63) is 24.0 Å². The predicted molar refractivity (Wildman–Crippen MR) is 71.6 cm³/mol. The van der Waals surface area contributed by atoms with E-state index in [1.165, 1.54) is 22.6 Å². The molecule has 0 saturated heterocycles. The van der Waals surface area contributed by atoms with E-state index in [1.807, 2.05) is 0 Å². The summed E-state index contributed by atoms with van der Waals surface area (Å²) in [6, 6.07) is 2.86. The molecule has 100 valence electrons. The van der Waals surface area contributed by atoms with E-state index in [9.17, 15) is 8.42 Å². The van der Waals surface area contributed by atoms with Gasteiger partial charge in [-0.25, -0.2) is 8.42 Å². The third-order valence-electron chi connectivity index (χ3n) is 2.33. The number of pyridine rings is 1. The molecule has 0 radical (unpaired) electrons. The number of aromatic nitrogens is 1. The van der Waals surface area contributed by atoms with Crippen LogP contribution in [-0.4, -0.2) is 47.5 Å². The van der Waals surface area contributed by atoms with E-state index in [-0.39, 0.29) is 29.6 Å². The first-order chi connectivity index (χ1) is 8.43. The number of hydrogen-bond donors (Lipinski definition) is 2. The molecule has 6 nitrogen and oxygen atoms in total. The number of thiocarbonyl (C=S) groups is 1. The van der Waals surface area contributed by atoms with E-state index in [4.69, 9.17) is 23.1 Å². The highest BCUT2D eigenvalue weighted by molar-refractivity contribution is 7.89. The molecule has 0 saturated carbocycles. The minimum absolute atomic E-state index is 0.0515. The van der Waals surface area contributed by atoms with Gasteiger partial charge < -0.3 is 10.8 Å². The molecule has 8 heteroatoms. The number of aliphatic hydroxyl groups excluding tert-OH is 1. The van der Waals surface area contributed by atoms with Gasteiger partial charge in [-0.15, -0.1) is 0 Å². The molecule has 0 bridgehead atoms.